The van der Waals surface area contributed by atoms with Crippen molar-refractivity contribution in [2.75, 3.05) is 12.3 Å². The molecule has 0 aromatic heterocycles. The van der Waals surface area contributed by atoms with Crippen LogP contribution in [0, 0.1) is 0 Å². The van der Waals surface area contributed by atoms with Crippen LogP contribution in [0.25, 0.3) is 0 Å². The van der Waals surface area contributed by atoms with Gasteiger partial charge in [0, 0.05) is 24.7 Å². The molecule has 2 aromatic carbocycles. The average molecular weight is 361 g/mol. The zero-order chi connectivity index (χ0) is 18.3. The van der Waals surface area contributed by atoms with E-state index in [9.17, 15) is 13.2 Å². The first kappa shape index (κ1) is 19.1. The van der Waals surface area contributed by atoms with Gasteiger partial charge in [-0.25, -0.2) is 13.1 Å². The van der Waals surface area contributed by atoms with Crippen LogP contribution in [0.3, 0.4) is 0 Å². The van der Waals surface area contributed by atoms with Crippen molar-refractivity contribution in [2.24, 2.45) is 5.73 Å². The molecule has 0 spiro atoms. The van der Waals surface area contributed by atoms with Crippen molar-refractivity contribution >= 4 is 15.9 Å². The van der Waals surface area contributed by atoms with Gasteiger partial charge in [0.2, 0.25) is 10.0 Å². The Morgan fingerprint density at radius 2 is 1.72 bits per heavy atom. The summed E-state index contributed by atoms with van der Waals surface area (Å²) in [5.74, 6) is -0.179. The Morgan fingerprint density at radius 3 is 2.32 bits per heavy atom. The van der Waals surface area contributed by atoms with E-state index in [1.165, 1.54) is 0 Å². The van der Waals surface area contributed by atoms with Crippen LogP contribution in [0.4, 0.5) is 0 Å². The number of rotatable bonds is 8. The van der Waals surface area contributed by atoms with E-state index >= 15 is 0 Å². The Hall–Kier alpha value is -2.22. The first-order valence-electron chi connectivity index (χ1n) is 8.06. The zero-order valence-electron chi connectivity index (χ0n) is 14.1. The third-order valence-electron chi connectivity index (χ3n) is 3.80. The molecule has 0 aliphatic carbocycles. The van der Waals surface area contributed by atoms with Gasteiger partial charge in [-0.05, 0) is 30.2 Å². The number of nitrogens with one attached hydrogen (secondary N) is 2. The fourth-order valence-electron chi connectivity index (χ4n) is 2.19. The lowest BCUT2D eigenvalue weighted by Crippen LogP contribution is -2.31. The van der Waals surface area contributed by atoms with Crippen molar-refractivity contribution in [3.63, 3.8) is 0 Å². The van der Waals surface area contributed by atoms with Crippen LogP contribution >= 0.6 is 0 Å². The lowest BCUT2D eigenvalue weighted by molar-refractivity contribution is 0.0951. The molecule has 0 bridgehead atoms. The second kappa shape index (κ2) is 8.75. The maximum absolute atomic E-state index is 12.2. The summed E-state index contributed by atoms with van der Waals surface area (Å²) in [5.41, 5.74) is 8.31. The van der Waals surface area contributed by atoms with Gasteiger partial charge in [-0.2, -0.15) is 0 Å². The van der Waals surface area contributed by atoms with Gasteiger partial charge in [0.25, 0.3) is 5.91 Å². The van der Waals surface area contributed by atoms with E-state index in [4.69, 9.17) is 5.73 Å². The fourth-order valence-corrected chi connectivity index (χ4v) is 2.78. The monoisotopic (exact) mass is 361 g/mol. The molecule has 134 valence electrons. The van der Waals surface area contributed by atoms with Gasteiger partial charge in [-0.15, -0.1) is 0 Å². The highest BCUT2D eigenvalue weighted by molar-refractivity contribution is 7.89. The van der Waals surface area contributed by atoms with Gasteiger partial charge < -0.3 is 11.1 Å². The van der Waals surface area contributed by atoms with Crippen molar-refractivity contribution in [3.8, 4) is 0 Å². The maximum Gasteiger partial charge on any atom is 0.251 e. The maximum atomic E-state index is 12.2. The van der Waals surface area contributed by atoms with E-state index < -0.39 is 10.0 Å². The fraction of sp³-hybridized carbons (Fsp3) is 0.278. The second-order valence-electron chi connectivity index (χ2n) is 5.65. The van der Waals surface area contributed by atoms with E-state index in [-0.39, 0.29) is 24.2 Å². The number of benzene rings is 2. The molecule has 0 heterocycles. The predicted molar refractivity (Wildman–Crippen MR) is 98.4 cm³/mol. The van der Waals surface area contributed by atoms with Crippen molar-refractivity contribution in [2.45, 2.75) is 19.5 Å². The van der Waals surface area contributed by atoms with Crippen LogP contribution in [-0.4, -0.2) is 26.6 Å². The number of nitrogens with two attached hydrogens (primary N) is 1. The molecule has 25 heavy (non-hydrogen) atoms. The third kappa shape index (κ3) is 5.97. The lowest BCUT2D eigenvalue weighted by atomic mass is 10.1. The van der Waals surface area contributed by atoms with Crippen LogP contribution in [0.5, 0.6) is 0 Å². The molecule has 0 aliphatic heterocycles. The number of hydrogen-bond donors (Lipinski definition) is 3. The summed E-state index contributed by atoms with van der Waals surface area (Å²) >= 11 is 0. The summed E-state index contributed by atoms with van der Waals surface area (Å²) < 4.78 is 25.3. The Morgan fingerprint density at radius 1 is 1.08 bits per heavy atom. The van der Waals surface area contributed by atoms with E-state index in [1.807, 2.05) is 30.3 Å². The van der Waals surface area contributed by atoms with Gasteiger partial charge in [0.15, 0.2) is 0 Å². The molecule has 2 rings (SSSR count). The molecule has 2 aromatic rings. The minimum atomic E-state index is -3.23. The molecule has 0 radical (unpaired) electrons. The highest BCUT2D eigenvalue weighted by Crippen LogP contribution is 2.09. The van der Waals surface area contributed by atoms with Gasteiger partial charge in [-0.1, -0.05) is 42.5 Å². The molecular weight excluding hydrogens is 338 g/mol. The van der Waals surface area contributed by atoms with Crippen molar-refractivity contribution in [1.82, 2.24) is 10.0 Å². The van der Waals surface area contributed by atoms with Crippen molar-refractivity contribution in [3.05, 3.63) is 71.3 Å². The van der Waals surface area contributed by atoms with E-state index in [0.717, 1.165) is 11.1 Å². The van der Waals surface area contributed by atoms with Gasteiger partial charge in [-0.3, -0.25) is 4.79 Å². The predicted octanol–water partition coefficient (Wildman–Crippen LogP) is 1.56. The highest BCUT2D eigenvalue weighted by Gasteiger charge is 2.10. The Kier molecular flexibility index (Phi) is 6.69. The molecule has 0 saturated carbocycles. The minimum Gasteiger partial charge on any atom is -0.350 e. The standard InChI is InChI=1S/C18H23N3O3S/c1-2-25(23,24)21-12-14-8-10-16(11-9-14)18(22)20-13-17(19)15-6-4-3-5-7-15/h3-11,17,21H,2,12-13,19H2,1H3,(H,20,22). The smallest absolute Gasteiger partial charge is 0.251 e. The number of hydrogen-bond acceptors (Lipinski definition) is 4. The van der Waals surface area contributed by atoms with Crippen molar-refractivity contribution in [1.29, 1.82) is 0 Å². The minimum absolute atomic E-state index is 0.0369. The van der Waals surface area contributed by atoms with Crippen LogP contribution in [-0.2, 0) is 16.6 Å². The molecule has 0 fully saturated rings. The topological polar surface area (TPSA) is 101 Å². The molecular formula is C18H23N3O3S. The molecule has 1 atom stereocenters. The summed E-state index contributed by atoms with van der Waals surface area (Å²) in [6.07, 6.45) is 0. The molecule has 4 N–H and O–H groups in total. The van der Waals surface area contributed by atoms with Gasteiger partial charge in [0.1, 0.15) is 0 Å². The normalized spacial score (nSPS) is 12.6. The summed E-state index contributed by atoms with van der Waals surface area (Å²) in [4.78, 5) is 12.2. The number of carbonyl (C=O) groups excluding carboxylic acids is 1. The second-order valence-corrected chi connectivity index (χ2v) is 7.74. The lowest BCUT2D eigenvalue weighted by Gasteiger charge is -2.13. The number of carbonyl (C=O) groups is 1. The molecule has 1 amide bonds. The van der Waals surface area contributed by atoms with Gasteiger partial charge >= 0.3 is 0 Å². The van der Waals surface area contributed by atoms with Crippen LogP contribution < -0.4 is 15.8 Å². The van der Waals surface area contributed by atoms with Crippen LogP contribution in [0.15, 0.2) is 54.6 Å². The molecule has 1 unspecified atom stereocenters. The number of amides is 1. The van der Waals surface area contributed by atoms with Gasteiger partial charge in [0.05, 0.1) is 5.75 Å². The zero-order valence-corrected chi connectivity index (χ0v) is 14.9. The van der Waals surface area contributed by atoms with Crippen molar-refractivity contribution < 1.29 is 13.2 Å². The van der Waals surface area contributed by atoms with E-state index in [1.54, 1.807) is 31.2 Å². The Labute approximate surface area is 148 Å². The molecule has 0 saturated heterocycles. The third-order valence-corrected chi connectivity index (χ3v) is 5.15. The van der Waals surface area contributed by atoms with E-state index in [0.29, 0.717) is 12.1 Å². The number of sulfonamides is 1. The van der Waals surface area contributed by atoms with Crippen LogP contribution in [0.2, 0.25) is 0 Å². The van der Waals surface area contributed by atoms with E-state index in [2.05, 4.69) is 10.0 Å². The molecule has 6 nitrogen and oxygen atoms in total. The first-order chi connectivity index (χ1) is 11.9. The summed E-state index contributed by atoms with van der Waals surface area (Å²) in [6, 6.07) is 16.1. The first-order valence-corrected chi connectivity index (χ1v) is 9.71. The Balaban J connectivity index is 1.88. The average Bonchev–Trinajstić information content (AvgIpc) is 2.65. The Bertz CT molecular complexity index is 790. The molecule has 7 heteroatoms. The summed E-state index contributed by atoms with van der Waals surface area (Å²) in [5, 5.41) is 2.81. The SMILES string of the molecule is CCS(=O)(=O)NCc1ccc(C(=O)NCC(N)c2ccccc2)cc1. The largest absolute Gasteiger partial charge is 0.350 e. The molecule has 0 aliphatic rings. The quantitative estimate of drug-likeness (QED) is 0.664. The van der Waals surface area contributed by atoms with Crippen LogP contribution in [0.1, 0.15) is 34.5 Å². The summed E-state index contributed by atoms with van der Waals surface area (Å²) in [6.45, 7) is 2.12. The summed E-state index contributed by atoms with van der Waals surface area (Å²) in [7, 11) is -3.23. The highest BCUT2D eigenvalue weighted by atomic mass is 32.2.